The van der Waals surface area contributed by atoms with Crippen molar-refractivity contribution >= 4 is 32.5 Å². The van der Waals surface area contributed by atoms with Gasteiger partial charge in [-0.15, -0.1) is 0 Å². The predicted molar refractivity (Wildman–Crippen MR) is 122 cm³/mol. The van der Waals surface area contributed by atoms with E-state index >= 15 is 4.39 Å². The fourth-order valence-electron chi connectivity index (χ4n) is 3.48. The van der Waals surface area contributed by atoms with E-state index < -0.39 is 50.3 Å². The van der Waals surface area contributed by atoms with E-state index in [2.05, 4.69) is 15.0 Å². The Morgan fingerprint density at radius 3 is 2.51 bits per heavy atom. The van der Waals surface area contributed by atoms with Crippen molar-refractivity contribution in [2.45, 2.75) is 20.3 Å². The first-order valence-corrected chi connectivity index (χ1v) is 11.9. The van der Waals surface area contributed by atoms with Gasteiger partial charge in [0.25, 0.3) is 0 Å². The van der Waals surface area contributed by atoms with Gasteiger partial charge in [0.2, 0.25) is 10.0 Å². The van der Waals surface area contributed by atoms with Crippen LogP contribution in [-0.4, -0.2) is 39.5 Å². The lowest BCUT2D eigenvalue weighted by molar-refractivity contribution is 0.103. The van der Waals surface area contributed by atoms with Gasteiger partial charge in [0.15, 0.2) is 29.1 Å². The zero-order valence-corrected chi connectivity index (χ0v) is 19.4. The fraction of sp³-hybridized carbons (Fsp3) is 0.182. The monoisotopic (exact) mass is 504 g/mol. The molecule has 2 heterocycles. The molecule has 0 aliphatic heterocycles. The van der Waals surface area contributed by atoms with E-state index in [0.717, 1.165) is 0 Å². The lowest BCUT2D eigenvalue weighted by Gasteiger charge is -2.20. The maximum absolute atomic E-state index is 15.2. The molecule has 0 fully saturated rings. The number of hydrazine groups is 1. The van der Waals surface area contributed by atoms with E-state index in [4.69, 9.17) is 5.84 Å². The number of aromatic nitrogens is 4. The Kier molecular flexibility index (Phi) is 6.30. The SMILES string of the molecule is CCCS(=O)(=O)N(N)c1cc(F)c(F)c(C(=O)c2ccc3ncc(-n4ccnc4C)nc3c2)c1F. The van der Waals surface area contributed by atoms with Crippen molar-refractivity contribution < 1.29 is 26.4 Å². The molecule has 13 heteroatoms. The third kappa shape index (κ3) is 4.35. The van der Waals surface area contributed by atoms with Gasteiger partial charge in [-0.25, -0.2) is 41.8 Å². The Bertz CT molecular complexity index is 1570. The van der Waals surface area contributed by atoms with Crippen LogP contribution in [0.3, 0.4) is 0 Å². The minimum Gasteiger partial charge on any atom is -0.288 e. The van der Waals surface area contributed by atoms with E-state index in [1.54, 1.807) is 30.8 Å². The summed E-state index contributed by atoms with van der Waals surface area (Å²) in [6.45, 7) is 3.30. The molecule has 0 unspecified atom stereocenters. The van der Waals surface area contributed by atoms with Crippen molar-refractivity contribution in [3.05, 3.63) is 77.3 Å². The van der Waals surface area contributed by atoms with Gasteiger partial charge in [-0.3, -0.25) is 14.3 Å². The van der Waals surface area contributed by atoms with Crippen LogP contribution >= 0.6 is 0 Å². The topological polar surface area (TPSA) is 124 Å². The lowest BCUT2D eigenvalue weighted by atomic mass is 10.0. The van der Waals surface area contributed by atoms with E-state index in [1.807, 2.05) is 0 Å². The number of sulfonamides is 1. The second-order valence-corrected chi connectivity index (χ2v) is 9.56. The molecule has 4 rings (SSSR count). The third-order valence-corrected chi connectivity index (χ3v) is 6.95. The minimum atomic E-state index is -4.24. The van der Waals surface area contributed by atoms with Crippen LogP contribution < -0.4 is 10.3 Å². The number of carbonyl (C=O) groups excluding carboxylic acids is 1. The quantitative estimate of drug-likeness (QED) is 0.177. The maximum Gasteiger partial charge on any atom is 0.248 e. The molecule has 2 N–H and O–H groups in total. The van der Waals surface area contributed by atoms with Gasteiger partial charge < -0.3 is 0 Å². The number of anilines is 1. The molecular weight excluding hydrogens is 485 g/mol. The highest BCUT2D eigenvalue weighted by Gasteiger charge is 2.30. The number of ketones is 1. The second-order valence-electron chi connectivity index (χ2n) is 7.60. The molecule has 0 aliphatic carbocycles. The molecule has 9 nitrogen and oxygen atoms in total. The van der Waals surface area contributed by atoms with Crippen molar-refractivity contribution in [3.63, 3.8) is 0 Å². The smallest absolute Gasteiger partial charge is 0.248 e. The first kappa shape index (κ1) is 24.3. The summed E-state index contributed by atoms with van der Waals surface area (Å²) in [5.74, 6) is -0.166. The first-order chi connectivity index (χ1) is 16.5. The molecule has 2 aromatic carbocycles. The van der Waals surface area contributed by atoms with Gasteiger partial charge >= 0.3 is 0 Å². The number of imidazole rings is 1. The van der Waals surface area contributed by atoms with Gasteiger partial charge in [0, 0.05) is 24.0 Å². The lowest BCUT2D eigenvalue weighted by Crippen LogP contribution is -2.40. The summed E-state index contributed by atoms with van der Waals surface area (Å²) in [7, 11) is -4.24. The summed E-state index contributed by atoms with van der Waals surface area (Å²) in [4.78, 5) is 25.9. The maximum atomic E-state index is 15.2. The van der Waals surface area contributed by atoms with Gasteiger partial charge in [-0.2, -0.15) is 0 Å². The number of benzene rings is 2. The van der Waals surface area contributed by atoms with Crippen LogP contribution in [-0.2, 0) is 10.0 Å². The molecule has 4 aromatic rings. The zero-order valence-electron chi connectivity index (χ0n) is 18.5. The average molecular weight is 504 g/mol. The van der Waals surface area contributed by atoms with Crippen LogP contribution in [0.2, 0.25) is 0 Å². The Hall–Kier alpha value is -3.84. The molecular formula is C22H19F3N6O3S. The normalized spacial score (nSPS) is 11.7. The molecule has 0 aliphatic rings. The Morgan fingerprint density at radius 2 is 1.86 bits per heavy atom. The molecule has 2 aromatic heterocycles. The van der Waals surface area contributed by atoms with Gasteiger partial charge in [-0.1, -0.05) is 6.92 Å². The summed E-state index contributed by atoms with van der Waals surface area (Å²) in [6.07, 6.45) is 4.86. The number of hydrogen-bond acceptors (Lipinski definition) is 7. The van der Waals surface area contributed by atoms with Crippen molar-refractivity contribution in [2.75, 3.05) is 10.2 Å². The van der Waals surface area contributed by atoms with Crippen molar-refractivity contribution in [2.24, 2.45) is 5.84 Å². The van der Waals surface area contributed by atoms with Crippen molar-refractivity contribution in [1.29, 1.82) is 0 Å². The number of carbonyl (C=O) groups is 1. The Labute approximate surface area is 198 Å². The van der Waals surface area contributed by atoms with Crippen LogP contribution in [0.1, 0.15) is 35.1 Å². The summed E-state index contributed by atoms with van der Waals surface area (Å²) in [6, 6.07) is 4.20. The number of nitrogens with two attached hydrogens (primary N) is 1. The molecule has 182 valence electrons. The van der Waals surface area contributed by atoms with Crippen molar-refractivity contribution in [3.8, 4) is 5.82 Å². The van der Waals surface area contributed by atoms with Crippen molar-refractivity contribution in [1.82, 2.24) is 19.5 Å². The minimum absolute atomic E-state index is 0.0106. The largest absolute Gasteiger partial charge is 0.288 e. The molecule has 0 radical (unpaired) electrons. The zero-order chi connectivity index (χ0) is 25.5. The van der Waals surface area contributed by atoms with Crippen LogP contribution in [0, 0.1) is 24.4 Å². The number of aryl methyl sites for hydroxylation is 1. The summed E-state index contributed by atoms with van der Waals surface area (Å²) < 4.78 is 70.3. The van der Waals surface area contributed by atoms with Crippen LogP contribution in [0.25, 0.3) is 16.9 Å². The van der Waals surface area contributed by atoms with E-state index in [-0.39, 0.29) is 21.9 Å². The van der Waals surface area contributed by atoms with Crippen LogP contribution in [0.4, 0.5) is 18.9 Å². The highest BCUT2D eigenvalue weighted by atomic mass is 32.2. The second kappa shape index (κ2) is 9.07. The summed E-state index contributed by atoms with van der Waals surface area (Å²) in [5.41, 5.74) is -1.87. The Morgan fingerprint density at radius 1 is 1.11 bits per heavy atom. The molecule has 0 bridgehead atoms. The van der Waals surface area contributed by atoms with Crippen LogP contribution in [0.5, 0.6) is 0 Å². The number of halogens is 3. The van der Waals surface area contributed by atoms with E-state index in [9.17, 15) is 22.0 Å². The highest BCUT2D eigenvalue weighted by molar-refractivity contribution is 7.92. The van der Waals surface area contributed by atoms with Gasteiger partial charge in [0.1, 0.15) is 11.5 Å². The first-order valence-electron chi connectivity index (χ1n) is 10.3. The molecule has 0 saturated heterocycles. The van der Waals surface area contributed by atoms with Crippen LogP contribution in [0.15, 0.2) is 42.9 Å². The fourth-order valence-corrected chi connectivity index (χ4v) is 4.63. The number of nitrogens with zero attached hydrogens (tertiary/aromatic N) is 5. The third-order valence-electron chi connectivity index (χ3n) is 5.23. The summed E-state index contributed by atoms with van der Waals surface area (Å²) >= 11 is 0. The molecule has 0 spiro atoms. The standard InChI is InChI=1S/C22H19F3N6O3S/c1-3-8-35(33,34)31(26)17-10-14(23)20(24)19(21(17)25)22(32)13-4-5-15-16(9-13)29-18(11-28-15)30-7-6-27-12(30)2/h4-7,9-11H,3,8,26H2,1-2H3. The van der Waals surface area contributed by atoms with Gasteiger partial charge in [-0.05, 0) is 31.5 Å². The number of hydrogen-bond donors (Lipinski definition) is 1. The summed E-state index contributed by atoms with van der Waals surface area (Å²) in [5, 5.41) is 0. The van der Waals surface area contributed by atoms with E-state index in [0.29, 0.717) is 23.2 Å². The van der Waals surface area contributed by atoms with Gasteiger partial charge in [0.05, 0.1) is 28.5 Å². The highest BCUT2D eigenvalue weighted by Crippen LogP contribution is 2.30. The molecule has 0 atom stereocenters. The molecule has 0 amide bonds. The molecule has 0 saturated carbocycles. The number of rotatable bonds is 7. The number of fused-ring (bicyclic) bond motifs is 1. The predicted octanol–water partition coefficient (Wildman–Crippen LogP) is 3.19. The average Bonchev–Trinajstić information content (AvgIpc) is 3.26. The Balaban J connectivity index is 1.82. The molecule has 35 heavy (non-hydrogen) atoms. The van der Waals surface area contributed by atoms with E-state index in [1.165, 1.54) is 24.4 Å².